The summed E-state index contributed by atoms with van der Waals surface area (Å²) in [7, 11) is 0. The third-order valence-electron chi connectivity index (χ3n) is 2.51. The number of furan rings is 1. The van der Waals surface area contributed by atoms with E-state index in [9.17, 15) is 4.79 Å². The largest absolute Gasteiger partial charge is 0.444 e. The molecule has 2 N–H and O–H groups in total. The van der Waals surface area contributed by atoms with E-state index in [1.165, 1.54) is 0 Å². The normalized spacial score (nSPS) is 20.5. The molecular formula is C10H13BrN2O2. The maximum atomic E-state index is 11.6. The van der Waals surface area contributed by atoms with E-state index in [1.54, 1.807) is 12.1 Å². The van der Waals surface area contributed by atoms with Crippen LogP contribution in [-0.4, -0.2) is 25.5 Å². The highest BCUT2D eigenvalue weighted by atomic mass is 79.9. The Bertz CT molecular complexity index is 345. The van der Waals surface area contributed by atoms with Crippen molar-refractivity contribution >= 4 is 21.8 Å². The van der Waals surface area contributed by atoms with Gasteiger partial charge in [0.25, 0.3) is 5.91 Å². The van der Waals surface area contributed by atoms with Crippen molar-refractivity contribution in [3.63, 3.8) is 0 Å². The van der Waals surface area contributed by atoms with Gasteiger partial charge in [0.15, 0.2) is 10.4 Å². The van der Waals surface area contributed by atoms with Crippen molar-refractivity contribution in [2.24, 2.45) is 5.92 Å². The summed E-state index contributed by atoms with van der Waals surface area (Å²) in [6.07, 6.45) is 1.13. The van der Waals surface area contributed by atoms with Crippen LogP contribution in [0.5, 0.6) is 0 Å². The van der Waals surface area contributed by atoms with Crippen LogP contribution in [0.2, 0.25) is 0 Å². The van der Waals surface area contributed by atoms with Gasteiger partial charge in [0, 0.05) is 6.54 Å². The predicted octanol–water partition coefficient (Wildman–Crippen LogP) is 1.38. The van der Waals surface area contributed by atoms with Crippen molar-refractivity contribution in [1.29, 1.82) is 0 Å². The zero-order valence-corrected chi connectivity index (χ0v) is 9.84. The van der Waals surface area contributed by atoms with E-state index in [2.05, 4.69) is 26.6 Å². The highest BCUT2D eigenvalue weighted by molar-refractivity contribution is 9.10. The van der Waals surface area contributed by atoms with E-state index in [0.29, 0.717) is 22.9 Å². The molecule has 1 unspecified atom stereocenters. The third-order valence-corrected chi connectivity index (χ3v) is 2.94. The van der Waals surface area contributed by atoms with Gasteiger partial charge in [-0.3, -0.25) is 4.79 Å². The van der Waals surface area contributed by atoms with Gasteiger partial charge in [0.05, 0.1) is 0 Å². The summed E-state index contributed by atoms with van der Waals surface area (Å²) in [5.41, 5.74) is 0. The Morgan fingerprint density at radius 3 is 3.13 bits per heavy atom. The molecule has 1 amide bonds. The summed E-state index contributed by atoms with van der Waals surface area (Å²) < 4.78 is 5.73. The Morgan fingerprint density at radius 2 is 2.53 bits per heavy atom. The molecule has 0 aromatic carbocycles. The van der Waals surface area contributed by atoms with Crippen molar-refractivity contribution in [2.45, 2.75) is 6.42 Å². The van der Waals surface area contributed by atoms with Crippen LogP contribution in [0.15, 0.2) is 21.2 Å². The first-order chi connectivity index (χ1) is 7.25. The van der Waals surface area contributed by atoms with E-state index in [0.717, 1.165) is 19.5 Å². The molecule has 0 aliphatic carbocycles. The molecule has 1 aliphatic heterocycles. The van der Waals surface area contributed by atoms with Crippen LogP contribution in [0.3, 0.4) is 0 Å². The van der Waals surface area contributed by atoms with Crippen LogP contribution in [0.25, 0.3) is 0 Å². The summed E-state index contributed by atoms with van der Waals surface area (Å²) in [6, 6.07) is 3.37. The van der Waals surface area contributed by atoms with Gasteiger partial charge >= 0.3 is 0 Å². The second-order valence-corrected chi connectivity index (χ2v) is 4.45. The minimum atomic E-state index is -0.146. The van der Waals surface area contributed by atoms with Crippen molar-refractivity contribution in [1.82, 2.24) is 10.6 Å². The molecule has 0 spiro atoms. The fourth-order valence-corrected chi connectivity index (χ4v) is 1.96. The molecule has 1 aliphatic rings. The van der Waals surface area contributed by atoms with Crippen LogP contribution in [0, 0.1) is 5.92 Å². The number of carbonyl (C=O) groups is 1. The van der Waals surface area contributed by atoms with E-state index in [-0.39, 0.29) is 5.91 Å². The fraction of sp³-hybridized carbons (Fsp3) is 0.500. The van der Waals surface area contributed by atoms with Crippen LogP contribution < -0.4 is 10.6 Å². The second-order valence-electron chi connectivity index (χ2n) is 3.67. The summed E-state index contributed by atoms with van der Waals surface area (Å²) in [5, 5.41) is 6.12. The average Bonchev–Trinajstić information content (AvgIpc) is 2.84. The number of carbonyl (C=O) groups excluding carboxylic acids is 1. The summed E-state index contributed by atoms with van der Waals surface area (Å²) in [6.45, 7) is 2.75. The molecule has 1 aromatic rings. The molecule has 1 saturated heterocycles. The summed E-state index contributed by atoms with van der Waals surface area (Å²) in [4.78, 5) is 11.6. The lowest BCUT2D eigenvalue weighted by Crippen LogP contribution is -2.29. The van der Waals surface area contributed by atoms with Crippen molar-refractivity contribution in [2.75, 3.05) is 19.6 Å². The van der Waals surface area contributed by atoms with E-state index >= 15 is 0 Å². The lowest BCUT2D eigenvalue weighted by molar-refractivity contribution is 0.0919. The molecule has 0 bridgehead atoms. The topological polar surface area (TPSA) is 54.3 Å². The molecule has 4 nitrogen and oxygen atoms in total. The summed E-state index contributed by atoms with van der Waals surface area (Å²) in [5.74, 6) is 0.757. The molecule has 1 aromatic heterocycles. The maximum Gasteiger partial charge on any atom is 0.287 e. The first-order valence-corrected chi connectivity index (χ1v) is 5.79. The third kappa shape index (κ3) is 2.82. The van der Waals surface area contributed by atoms with Crippen LogP contribution in [0.4, 0.5) is 0 Å². The lowest BCUT2D eigenvalue weighted by atomic mass is 10.1. The molecule has 1 fully saturated rings. The number of nitrogens with one attached hydrogen (secondary N) is 2. The monoisotopic (exact) mass is 272 g/mol. The Balaban J connectivity index is 1.81. The molecule has 2 heterocycles. The Morgan fingerprint density at radius 1 is 1.67 bits per heavy atom. The number of halogens is 1. The van der Waals surface area contributed by atoms with Crippen LogP contribution >= 0.6 is 15.9 Å². The number of rotatable bonds is 3. The first-order valence-electron chi connectivity index (χ1n) is 5.00. The highest BCUT2D eigenvalue weighted by Crippen LogP contribution is 2.14. The SMILES string of the molecule is O=C(NCC1CCNC1)c1ccc(Br)o1. The quantitative estimate of drug-likeness (QED) is 0.874. The molecule has 15 heavy (non-hydrogen) atoms. The Kier molecular flexibility index (Phi) is 3.43. The number of hydrogen-bond acceptors (Lipinski definition) is 3. The lowest BCUT2D eigenvalue weighted by Gasteiger charge is -2.08. The molecular weight excluding hydrogens is 260 g/mol. The molecule has 2 rings (SSSR count). The standard InChI is InChI=1S/C10H13BrN2O2/c11-9-2-1-8(15-9)10(14)13-6-7-3-4-12-5-7/h1-2,7,12H,3-6H2,(H,13,14). The fourth-order valence-electron chi connectivity index (χ4n) is 1.65. The average molecular weight is 273 g/mol. The minimum Gasteiger partial charge on any atom is -0.444 e. The van der Waals surface area contributed by atoms with Gasteiger partial charge in [-0.05, 0) is 53.5 Å². The van der Waals surface area contributed by atoms with Crippen LogP contribution in [0.1, 0.15) is 17.0 Å². The van der Waals surface area contributed by atoms with Gasteiger partial charge in [-0.25, -0.2) is 0 Å². The maximum absolute atomic E-state index is 11.6. The molecule has 0 saturated carbocycles. The molecule has 1 atom stereocenters. The highest BCUT2D eigenvalue weighted by Gasteiger charge is 2.16. The van der Waals surface area contributed by atoms with Crippen molar-refractivity contribution in [3.05, 3.63) is 22.6 Å². The Hall–Kier alpha value is -0.810. The van der Waals surface area contributed by atoms with Gasteiger partial charge in [0.2, 0.25) is 0 Å². The van der Waals surface area contributed by atoms with E-state index in [1.807, 2.05) is 0 Å². The summed E-state index contributed by atoms with van der Waals surface area (Å²) >= 11 is 3.16. The predicted molar refractivity (Wildman–Crippen MR) is 59.7 cm³/mol. The zero-order valence-electron chi connectivity index (χ0n) is 8.25. The zero-order chi connectivity index (χ0) is 10.7. The van der Waals surface area contributed by atoms with Gasteiger partial charge < -0.3 is 15.1 Å². The molecule has 5 heteroatoms. The first kappa shape index (κ1) is 10.7. The smallest absolute Gasteiger partial charge is 0.287 e. The van der Waals surface area contributed by atoms with Gasteiger partial charge in [-0.1, -0.05) is 0 Å². The van der Waals surface area contributed by atoms with Gasteiger partial charge in [-0.15, -0.1) is 0 Å². The Labute approximate surface area is 96.5 Å². The number of hydrogen-bond donors (Lipinski definition) is 2. The van der Waals surface area contributed by atoms with Crippen molar-refractivity contribution < 1.29 is 9.21 Å². The van der Waals surface area contributed by atoms with Gasteiger partial charge in [0.1, 0.15) is 0 Å². The number of amides is 1. The van der Waals surface area contributed by atoms with Crippen LogP contribution in [-0.2, 0) is 0 Å². The minimum absolute atomic E-state index is 0.146. The second kappa shape index (κ2) is 4.81. The molecule has 82 valence electrons. The van der Waals surface area contributed by atoms with E-state index in [4.69, 9.17) is 4.42 Å². The van der Waals surface area contributed by atoms with E-state index < -0.39 is 0 Å². The molecule has 0 radical (unpaired) electrons. The van der Waals surface area contributed by atoms with Gasteiger partial charge in [-0.2, -0.15) is 0 Å². The van der Waals surface area contributed by atoms with Crippen molar-refractivity contribution in [3.8, 4) is 0 Å².